The van der Waals surface area contributed by atoms with E-state index in [1.807, 2.05) is 0 Å². The molecule has 50 heavy (non-hydrogen) atoms. The van der Waals surface area contributed by atoms with Gasteiger partial charge in [0.15, 0.2) is 0 Å². The van der Waals surface area contributed by atoms with Crippen LogP contribution in [0.4, 0.5) is 22.7 Å². The molecule has 0 aromatic heterocycles. The smallest absolute Gasteiger partial charge is 0.0545 e. The molecule has 258 valence electrons. The summed E-state index contributed by atoms with van der Waals surface area (Å²) in [5.74, 6) is 0. The summed E-state index contributed by atoms with van der Waals surface area (Å²) >= 11 is 0. The van der Waals surface area contributed by atoms with Crippen LogP contribution in [0.15, 0.2) is 109 Å². The molecule has 0 unspecified atom stereocenters. The summed E-state index contributed by atoms with van der Waals surface area (Å²) in [5.41, 5.74) is 12.3. The van der Waals surface area contributed by atoms with Crippen molar-refractivity contribution in [3.05, 3.63) is 131 Å². The standard InChI is InChI=1S/C48H56N2/c1-45(2,3)33-25-34(46(4,5)6)28-37(27-33)49-43-39-20-16-17-21-40(39)44(42-24-32(22-23-41(42)43)31-18-14-13-15-19-31)50-38-29-35(47(7,8)9)26-36(30-38)48(10,11)12/h13-30,49-50H,1-12H3. The van der Waals surface area contributed by atoms with Crippen molar-refractivity contribution >= 4 is 44.3 Å². The fraction of sp³-hybridized carbons (Fsp3) is 0.333. The Morgan fingerprint density at radius 1 is 0.320 bits per heavy atom. The Hall–Kier alpha value is -4.56. The van der Waals surface area contributed by atoms with Crippen molar-refractivity contribution in [2.45, 2.75) is 105 Å². The summed E-state index contributed by atoms with van der Waals surface area (Å²) < 4.78 is 0. The molecule has 0 saturated carbocycles. The lowest BCUT2D eigenvalue weighted by molar-refractivity contribution is 0.568. The van der Waals surface area contributed by atoms with E-state index in [9.17, 15) is 0 Å². The topological polar surface area (TPSA) is 24.1 Å². The van der Waals surface area contributed by atoms with Crippen LogP contribution in [0.1, 0.15) is 105 Å². The number of nitrogens with one attached hydrogen (secondary N) is 2. The van der Waals surface area contributed by atoms with Crippen molar-refractivity contribution in [1.82, 2.24) is 0 Å². The maximum absolute atomic E-state index is 4.01. The van der Waals surface area contributed by atoms with Gasteiger partial charge in [-0.25, -0.2) is 0 Å². The van der Waals surface area contributed by atoms with Crippen molar-refractivity contribution in [3.8, 4) is 11.1 Å². The normalized spacial score (nSPS) is 12.8. The van der Waals surface area contributed by atoms with Crippen LogP contribution in [-0.2, 0) is 21.7 Å². The number of anilines is 4. The van der Waals surface area contributed by atoms with Gasteiger partial charge in [-0.3, -0.25) is 0 Å². The quantitative estimate of drug-likeness (QED) is 0.142. The third kappa shape index (κ3) is 7.31. The average Bonchev–Trinajstić information content (AvgIpc) is 3.04. The molecule has 0 heterocycles. The van der Waals surface area contributed by atoms with Crippen LogP contribution in [0.2, 0.25) is 0 Å². The zero-order valence-corrected chi connectivity index (χ0v) is 32.4. The second kappa shape index (κ2) is 12.6. The van der Waals surface area contributed by atoms with Crippen molar-refractivity contribution in [3.63, 3.8) is 0 Å². The fourth-order valence-corrected chi connectivity index (χ4v) is 6.68. The molecule has 0 aliphatic rings. The summed E-state index contributed by atoms with van der Waals surface area (Å²) in [7, 11) is 0. The summed E-state index contributed by atoms with van der Waals surface area (Å²) in [6.07, 6.45) is 0. The zero-order chi connectivity index (χ0) is 36.2. The molecule has 0 bridgehead atoms. The Morgan fingerprint density at radius 3 is 1.08 bits per heavy atom. The third-order valence-corrected chi connectivity index (χ3v) is 10.00. The first-order chi connectivity index (χ1) is 23.3. The molecule has 0 radical (unpaired) electrons. The molecule has 0 atom stereocenters. The van der Waals surface area contributed by atoms with E-state index in [1.165, 1.54) is 54.9 Å². The minimum atomic E-state index is 0.0174. The van der Waals surface area contributed by atoms with Crippen molar-refractivity contribution in [2.75, 3.05) is 10.6 Å². The maximum atomic E-state index is 4.01. The summed E-state index contributed by atoms with van der Waals surface area (Å²) in [6, 6.07) is 40.6. The van der Waals surface area contributed by atoms with Gasteiger partial charge in [0.2, 0.25) is 0 Å². The van der Waals surface area contributed by atoms with E-state index in [2.05, 4.69) is 203 Å². The number of hydrogen-bond acceptors (Lipinski definition) is 2. The molecule has 6 aromatic rings. The molecule has 0 aliphatic carbocycles. The minimum absolute atomic E-state index is 0.0174. The van der Waals surface area contributed by atoms with Gasteiger partial charge in [0, 0.05) is 32.9 Å². The van der Waals surface area contributed by atoms with E-state index >= 15 is 0 Å². The van der Waals surface area contributed by atoms with Gasteiger partial charge in [-0.15, -0.1) is 0 Å². The molecule has 0 amide bonds. The SMILES string of the molecule is CC(C)(C)c1cc(Nc2c3ccccc3c(Nc3cc(C(C)(C)C)cc(C(C)(C)C)c3)c3cc(-c4ccccc4)ccc23)cc(C(C)(C)C)c1. The molecule has 0 aliphatic heterocycles. The molecular formula is C48H56N2. The van der Waals surface area contributed by atoms with E-state index in [0.29, 0.717) is 0 Å². The molecule has 6 rings (SSSR count). The Morgan fingerprint density at radius 2 is 0.680 bits per heavy atom. The van der Waals surface area contributed by atoms with E-state index in [0.717, 1.165) is 22.7 Å². The largest absolute Gasteiger partial charge is 0.354 e. The number of hydrogen-bond donors (Lipinski definition) is 2. The first-order valence-corrected chi connectivity index (χ1v) is 18.2. The summed E-state index contributed by atoms with van der Waals surface area (Å²) in [4.78, 5) is 0. The Labute approximate surface area is 301 Å². The Kier molecular flexibility index (Phi) is 8.92. The number of rotatable bonds is 5. The van der Waals surface area contributed by atoms with Crippen LogP contribution in [-0.4, -0.2) is 0 Å². The highest BCUT2D eigenvalue weighted by Crippen LogP contribution is 2.45. The van der Waals surface area contributed by atoms with E-state index < -0.39 is 0 Å². The van der Waals surface area contributed by atoms with Crippen LogP contribution in [0, 0.1) is 0 Å². The van der Waals surface area contributed by atoms with E-state index in [1.54, 1.807) is 0 Å². The van der Waals surface area contributed by atoms with Crippen LogP contribution in [0.5, 0.6) is 0 Å². The zero-order valence-electron chi connectivity index (χ0n) is 32.4. The fourth-order valence-electron chi connectivity index (χ4n) is 6.68. The van der Waals surface area contributed by atoms with Crippen molar-refractivity contribution in [2.24, 2.45) is 0 Å². The van der Waals surface area contributed by atoms with E-state index in [4.69, 9.17) is 0 Å². The molecule has 6 aromatic carbocycles. The van der Waals surface area contributed by atoms with Crippen LogP contribution >= 0.6 is 0 Å². The van der Waals surface area contributed by atoms with Gasteiger partial charge < -0.3 is 10.6 Å². The first kappa shape index (κ1) is 35.3. The lowest BCUT2D eigenvalue weighted by Crippen LogP contribution is -2.17. The van der Waals surface area contributed by atoms with Crippen molar-refractivity contribution < 1.29 is 0 Å². The van der Waals surface area contributed by atoms with Gasteiger partial charge in [0.1, 0.15) is 0 Å². The first-order valence-electron chi connectivity index (χ1n) is 18.2. The van der Waals surface area contributed by atoms with Gasteiger partial charge in [-0.1, -0.05) is 162 Å². The average molecular weight is 661 g/mol. The minimum Gasteiger partial charge on any atom is -0.354 e. The number of benzene rings is 6. The van der Waals surface area contributed by atoms with Crippen LogP contribution < -0.4 is 10.6 Å². The highest BCUT2D eigenvalue weighted by atomic mass is 14.9. The Bertz CT molecular complexity index is 2110. The van der Waals surface area contributed by atoms with Gasteiger partial charge >= 0.3 is 0 Å². The maximum Gasteiger partial charge on any atom is 0.0545 e. The van der Waals surface area contributed by atoms with E-state index in [-0.39, 0.29) is 21.7 Å². The highest BCUT2D eigenvalue weighted by Gasteiger charge is 2.24. The van der Waals surface area contributed by atoms with Crippen LogP contribution in [0.3, 0.4) is 0 Å². The predicted octanol–water partition coefficient (Wildman–Crippen LogP) is 14.3. The molecule has 2 N–H and O–H groups in total. The van der Waals surface area contributed by atoms with Crippen molar-refractivity contribution in [1.29, 1.82) is 0 Å². The highest BCUT2D eigenvalue weighted by molar-refractivity contribution is 6.21. The lowest BCUT2D eigenvalue weighted by Gasteiger charge is -2.28. The van der Waals surface area contributed by atoms with Gasteiger partial charge in [-0.2, -0.15) is 0 Å². The van der Waals surface area contributed by atoms with Gasteiger partial charge in [0.25, 0.3) is 0 Å². The molecular weight excluding hydrogens is 605 g/mol. The summed E-state index contributed by atoms with van der Waals surface area (Å²) in [6.45, 7) is 27.6. The second-order valence-corrected chi connectivity index (χ2v) is 18.3. The molecule has 2 nitrogen and oxygen atoms in total. The second-order valence-electron chi connectivity index (χ2n) is 18.3. The van der Waals surface area contributed by atoms with Gasteiger partial charge in [-0.05, 0) is 85.4 Å². The molecule has 0 fully saturated rings. The summed E-state index contributed by atoms with van der Waals surface area (Å²) in [5, 5.41) is 12.8. The molecule has 0 spiro atoms. The lowest BCUT2D eigenvalue weighted by atomic mass is 9.80. The Balaban J connectivity index is 1.64. The third-order valence-electron chi connectivity index (χ3n) is 10.00. The number of fused-ring (bicyclic) bond motifs is 2. The molecule has 0 saturated heterocycles. The monoisotopic (exact) mass is 660 g/mol. The predicted molar refractivity (Wildman–Crippen MR) is 221 cm³/mol. The van der Waals surface area contributed by atoms with Crippen LogP contribution in [0.25, 0.3) is 32.7 Å². The van der Waals surface area contributed by atoms with Gasteiger partial charge in [0.05, 0.1) is 11.4 Å². The molecule has 2 heteroatoms.